The van der Waals surface area contributed by atoms with Crippen LogP contribution in [0.15, 0.2) is 36.4 Å². The third-order valence-electron chi connectivity index (χ3n) is 5.12. The van der Waals surface area contributed by atoms with Crippen molar-refractivity contribution >= 4 is 23.5 Å². The van der Waals surface area contributed by atoms with Crippen molar-refractivity contribution in [2.24, 2.45) is 23.7 Å². The Morgan fingerprint density at radius 1 is 1.00 bits per heavy atom. The molecule has 1 saturated heterocycles. The lowest BCUT2D eigenvalue weighted by Crippen LogP contribution is -2.38. The maximum Gasteiger partial charge on any atom is 0.308 e. The Kier molecular flexibility index (Phi) is 3.11. The van der Waals surface area contributed by atoms with Crippen LogP contribution in [0.25, 0.3) is 0 Å². The van der Waals surface area contributed by atoms with Gasteiger partial charge < -0.3 is 4.74 Å². The number of carbonyl (C=O) groups excluding carboxylic acids is 3. The molecule has 2 amide bonds. The molecule has 1 heterocycles. The first-order valence-corrected chi connectivity index (χ1v) is 7.91. The minimum absolute atomic E-state index is 0.0979. The first kappa shape index (κ1) is 14.2. The third-order valence-corrected chi connectivity index (χ3v) is 5.12. The number of fused-ring (bicyclic) bond motifs is 1. The van der Waals surface area contributed by atoms with Crippen molar-refractivity contribution in [3.63, 3.8) is 0 Å². The quantitative estimate of drug-likeness (QED) is 0.364. The summed E-state index contributed by atoms with van der Waals surface area (Å²) in [5, 5.41) is 0. The molecular weight excluding hydrogens is 294 g/mol. The van der Waals surface area contributed by atoms with Crippen molar-refractivity contribution in [1.82, 2.24) is 0 Å². The number of hydrogen-bond donors (Lipinski definition) is 0. The van der Waals surface area contributed by atoms with Gasteiger partial charge in [-0.15, -0.1) is 0 Å². The SMILES string of the molecule is CC(=O)Oc1ccc(N2C(=O)[C@H]3[C@H](C2=O)[C@@H]2C=C[C@@H]3CC2)cc1. The van der Waals surface area contributed by atoms with E-state index in [1.165, 1.54) is 11.8 Å². The molecule has 1 aromatic rings. The minimum Gasteiger partial charge on any atom is -0.427 e. The van der Waals surface area contributed by atoms with Crippen LogP contribution >= 0.6 is 0 Å². The van der Waals surface area contributed by atoms with Crippen LogP contribution in [0.5, 0.6) is 5.75 Å². The summed E-state index contributed by atoms with van der Waals surface area (Å²) in [5.74, 6) is -0.241. The maximum absolute atomic E-state index is 12.8. The summed E-state index contributed by atoms with van der Waals surface area (Å²) in [5.41, 5.74) is 0.546. The molecule has 1 saturated carbocycles. The van der Waals surface area contributed by atoms with Gasteiger partial charge in [0.05, 0.1) is 17.5 Å². The summed E-state index contributed by atoms with van der Waals surface area (Å²) in [4.78, 5) is 37.8. The summed E-state index contributed by atoms with van der Waals surface area (Å²) in [6, 6.07) is 6.51. The van der Waals surface area contributed by atoms with E-state index >= 15 is 0 Å². The van der Waals surface area contributed by atoms with Gasteiger partial charge in [0.25, 0.3) is 0 Å². The van der Waals surface area contributed by atoms with Crippen LogP contribution in [0.4, 0.5) is 5.69 Å². The molecule has 2 fully saturated rings. The average molecular weight is 311 g/mol. The van der Waals surface area contributed by atoms with Crippen LogP contribution in [0.1, 0.15) is 19.8 Å². The molecule has 23 heavy (non-hydrogen) atoms. The zero-order chi connectivity index (χ0) is 16.1. The molecule has 0 unspecified atom stereocenters. The monoisotopic (exact) mass is 311 g/mol. The zero-order valence-electron chi connectivity index (χ0n) is 12.8. The highest BCUT2D eigenvalue weighted by Crippen LogP contribution is 2.50. The van der Waals surface area contributed by atoms with E-state index in [4.69, 9.17) is 4.74 Å². The average Bonchev–Trinajstić information content (AvgIpc) is 2.83. The number of carbonyl (C=O) groups is 3. The van der Waals surface area contributed by atoms with E-state index in [0.717, 1.165) is 12.8 Å². The molecule has 1 aliphatic heterocycles. The Morgan fingerprint density at radius 2 is 1.52 bits per heavy atom. The number of imide groups is 1. The highest BCUT2D eigenvalue weighted by Gasteiger charge is 2.56. The fourth-order valence-electron chi connectivity index (χ4n) is 4.16. The number of rotatable bonds is 2. The summed E-state index contributed by atoms with van der Waals surface area (Å²) in [7, 11) is 0. The second kappa shape index (κ2) is 5.05. The topological polar surface area (TPSA) is 63.7 Å². The number of ether oxygens (including phenoxy) is 1. The van der Waals surface area contributed by atoms with E-state index in [1.54, 1.807) is 24.3 Å². The minimum atomic E-state index is -0.403. The smallest absolute Gasteiger partial charge is 0.308 e. The second-order valence-electron chi connectivity index (χ2n) is 6.44. The van der Waals surface area contributed by atoms with E-state index in [2.05, 4.69) is 12.2 Å². The van der Waals surface area contributed by atoms with E-state index in [-0.39, 0.29) is 35.5 Å². The molecule has 118 valence electrons. The molecule has 0 radical (unpaired) electrons. The van der Waals surface area contributed by atoms with E-state index in [1.807, 2.05) is 0 Å². The lowest BCUT2D eigenvalue weighted by atomic mass is 9.63. The van der Waals surface area contributed by atoms with Crippen LogP contribution in [0, 0.1) is 23.7 Å². The fraction of sp³-hybridized carbons (Fsp3) is 0.389. The summed E-state index contributed by atoms with van der Waals surface area (Å²) in [6.07, 6.45) is 6.18. The molecule has 0 aromatic heterocycles. The number of amides is 2. The highest BCUT2D eigenvalue weighted by molar-refractivity contribution is 6.22. The molecule has 5 heteroatoms. The number of nitrogens with zero attached hydrogens (tertiary/aromatic N) is 1. The Bertz CT molecular complexity index is 689. The van der Waals surface area contributed by atoms with Gasteiger partial charge in [0.15, 0.2) is 0 Å². The molecule has 0 N–H and O–H groups in total. The van der Waals surface area contributed by atoms with Crippen LogP contribution in [-0.4, -0.2) is 17.8 Å². The molecule has 0 spiro atoms. The van der Waals surface area contributed by atoms with Crippen molar-refractivity contribution in [2.45, 2.75) is 19.8 Å². The van der Waals surface area contributed by atoms with Gasteiger partial charge >= 0.3 is 5.97 Å². The predicted molar refractivity (Wildman–Crippen MR) is 82.6 cm³/mol. The Labute approximate surface area is 133 Å². The number of esters is 1. The van der Waals surface area contributed by atoms with Gasteiger partial charge in [0.1, 0.15) is 5.75 Å². The highest BCUT2D eigenvalue weighted by atomic mass is 16.5. The number of benzene rings is 1. The fourth-order valence-corrected chi connectivity index (χ4v) is 4.16. The van der Waals surface area contributed by atoms with Crippen molar-refractivity contribution < 1.29 is 19.1 Å². The largest absolute Gasteiger partial charge is 0.427 e. The summed E-state index contributed by atoms with van der Waals surface area (Å²) >= 11 is 0. The normalized spacial score (nSPS) is 31.4. The lowest BCUT2D eigenvalue weighted by Gasteiger charge is -2.38. The summed E-state index contributed by atoms with van der Waals surface area (Å²) in [6.45, 7) is 1.33. The Balaban J connectivity index is 1.64. The second-order valence-corrected chi connectivity index (χ2v) is 6.44. The molecule has 1 aromatic carbocycles. The maximum atomic E-state index is 12.8. The summed E-state index contributed by atoms with van der Waals surface area (Å²) < 4.78 is 4.99. The lowest BCUT2D eigenvalue weighted by molar-refractivity contribution is -0.132. The van der Waals surface area contributed by atoms with Gasteiger partial charge in [0, 0.05) is 6.92 Å². The van der Waals surface area contributed by atoms with Gasteiger partial charge in [-0.3, -0.25) is 19.3 Å². The van der Waals surface area contributed by atoms with Crippen LogP contribution in [-0.2, 0) is 14.4 Å². The van der Waals surface area contributed by atoms with Gasteiger partial charge in [0.2, 0.25) is 11.8 Å². The standard InChI is InChI=1S/C18H17NO4/c1-10(20)23-14-8-6-13(7-9-14)19-17(21)15-11-2-3-12(5-4-11)16(15)18(19)22/h2-3,6-9,11-12,15-16H,4-5H2,1H3/t11-,12-,15-,16-/m1/s1. The number of allylic oxidation sites excluding steroid dienone is 2. The molecule has 3 aliphatic carbocycles. The van der Waals surface area contributed by atoms with Crippen molar-refractivity contribution in [3.8, 4) is 5.75 Å². The molecule has 5 nitrogen and oxygen atoms in total. The third kappa shape index (κ3) is 2.11. The van der Waals surface area contributed by atoms with Crippen LogP contribution in [0.2, 0.25) is 0 Å². The van der Waals surface area contributed by atoms with E-state index < -0.39 is 5.97 Å². The van der Waals surface area contributed by atoms with E-state index in [0.29, 0.717) is 11.4 Å². The molecule has 5 rings (SSSR count). The van der Waals surface area contributed by atoms with Gasteiger partial charge in [-0.1, -0.05) is 12.2 Å². The van der Waals surface area contributed by atoms with Crippen LogP contribution < -0.4 is 9.64 Å². The Hall–Kier alpha value is -2.43. The van der Waals surface area contributed by atoms with Crippen molar-refractivity contribution in [3.05, 3.63) is 36.4 Å². The predicted octanol–water partition coefficient (Wildman–Crippen LogP) is 2.31. The van der Waals surface area contributed by atoms with Gasteiger partial charge in [-0.2, -0.15) is 0 Å². The van der Waals surface area contributed by atoms with Crippen LogP contribution in [0.3, 0.4) is 0 Å². The zero-order valence-corrected chi connectivity index (χ0v) is 12.8. The van der Waals surface area contributed by atoms with Crippen molar-refractivity contribution in [1.29, 1.82) is 0 Å². The molecular formula is C18H17NO4. The molecule has 4 atom stereocenters. The molecule has 4 aliphatic rings. The van der Waals surface area contributed by atoms with Gasteiger partial charge in [-0.05, 0) is 48.9 Å². The first-order chi connectivity index (χ1) is 11.1. The Morgan fingerprint density at radius 3 is 1.96 bits per heavy atom. The first-order valence-electron chi connectivity index (χ1n) is 7.91. The molecule has 2 bridgehead atoms. The van der Waals surface area contributed by atoms with E-state index in [9.17, 15) is 14.4 Å². The number of anilines is 1. The number of hydrogen-bond acceptors (Lipinski definition) is 4. The van der Waals surface area contributed by atoms with Crippen molar-refractivity contribution in [2.75, 3.05) is 4.90 Å². The van der Waals surface area contributed by atoms with Gasteiger partial charge in [-0.25, -0.2) is 0 Å².